The largest absolute Gasteiger partial charge is 0.489 e. The summed E-state index contributed by atoms with van der Waals surface area (Å²) in [5, 5.41) is 5.26. The smallest absolute Gasteiger partial charge is 0.251 e. The first-order valence-electron chi connectivity index (χ1n) is 8.70. The molecule has 0 atom stereocenters. The molecule has 8 heteroatoms. The zero-order valence-corrected chi connectivity index (χ0v) is 17.1. The van der Waals surface area contributed by atoms with Crippen molar-refractivity contribution < 1.29 is 9.53 Å². The molecule has 1 heterocycles. The Labute approximate surface area is 173 Å². The Morgan fingerprint density at radius 1 is 1.18 bits per heavy atom. The van der Waals surface area contributed by atoms with Gasteiger partial charge < -0.3 is 4.74 Å². The molecule has 0 aliphatic carbocycles. The van der Waals surface area contributed by atoms with E-state index in [1.165, 1.54) is 0 Å². The predicted octanol–water partition coefficient (Wildman–Crippen LogP) is 4.26. The molecule has 28 heavy (non-hydrogen) atoms. The van der Waals surface area contributed by atoms with Gasteiger partial charge in [0.25, 0.3) is 5.91 Å². The molecule has 0 bridgehead atoms. The summed E-state index contributed by atoms with van der Waals surface area (Å²) in [6.07, 6.45) is 0. The average Bonchev–Trinajstić information content (AvgIpc) is 3.00. The van der Waals surface area contributed by atoms with Crippen molar-refractivity contribution in [2.45, 2.75) is 27.0 Å². The number of benzene rings is 2. The second-order valence-electron chi connectivity index (χ2n) is 6.42. The van der Waals surface area contributed by atoms with Gasteiger partial charge in [-0.3, -0.25) is 9.69 Å². The van der Waals surface area contributed by atoms with Gasteiger partial charge in [-0.1, -0.05) is 41.4 Å². The monoisotopic (exact) mass is 418 g/mol. The van der Waals surface area contributed by atoms with E-state index in [1.807, 2.05) is 38.1 Å². The highest BCUT2D eigenvalue weighted by molar-refractivity contribution is 6.35. The van der Waals surface area contributed by atoms with Crippen LogP contribution in [0.5, 0.6) is 5.75 Å². The number of carbonyl (C=O) groups is 1. The number of halogens is 2. The van der Waals surface area contributed by atoms with E-state index in [2.05, 4.69) is 15.5 Å². The first kappa shape index (κ1) is 20.2. The molecule has 6 nitrogen and oxygen atoms in total. The number of nitrogens with zero attached hydrogens (tertiary/aromatic N) is 3. The van der Waals surface area contributed by atoms with Gasteiger partial charge in [0.2, 0.25) is 5.96 Å². The van der Waals surface area contributed by atoms with Crippen LogP contribution < -0.4 is 10.2 Å². The van der Waals surface area contributed by atoms with Gasteiger partial charge in [-0.2, -0.15) is 5.10 Å². The lowest BCUT2D eigenvalue weighted by molar-refractivity contribution is -0.125. The first-order valence-corrected chi connectivity index (χ1v) is 9.46. The van der Waals surface area contributed by atoms with Gasteiger partial charge in [0.1, 0.15) is 18.9 Å². The Hall–Kier alpha value is -2.57. The van der Waals surface area contributed by atoms with E-state index < -0.39 is 0 Å². The van der Waals surface area contributed by atoms with Gasteiger partial charge >= 0.3 is 0 Å². The fourth-order valence-corrected chi connectivity index (χ4v) is 3.06. The van der Waals surface area contributed by atoms with Crippen molar-refractivity contribution >= 4 is 40.8 Å². The Morgan fingerprint density at radius 2 is 1.86 bits per heavy atom. The van der Waals surface area contributed by atoms with Crippen LogP contribution in [0.15, 0.2) is 52.6 Å². The highest BCUT2D eigenvalue weighted by Crippen LogP contribution is 2.26. The minimum atomic E-state index is -0.0693. The van der Waals surface area contributed by atoms with Gasteiger partial charge in [-0.05, 0) is 43.7 Å². The van der Waals surface area contributed by atoms with Crippen molar-refractivity contribution in [1.82, 2.24) is 10.3 Å². The van der Waals surface area contributed by atoms with Crippen LogP contribution >= 0.6 is 23.2 Å². The summed E-state index contributed by atoms with van der Waals surface area (Å²) in [5.74, 6) is 1.07. The summed E-state index contributed by atoms with van der Waals surface area (Å²) in [4.78, 5) is 17.9. The zero-order chi connectivity index (χ0) is 20.1. The fraction of sp³-hybridized carbons (Fsp3) is 0.250. The van der Waals surface area contributed by atoms with Crippen LogP contribution in [0.25, 0.3) is 0 Å². The van der Waals surface area contributed by atoms with Crippen LogP contribution in [0.2, 0.25) is 10.0 Å². The minimum absolute atomic E-state index is 0.0693. The lowest BCUT2D eigenvalue weighted by Crippen LogP contribution is -2.38. The first-order chi connectivity index (χ1) is 13.4. The number of hydrogen-bond donors (Lipinski definition) is 1. The average molecular weight is 419 g/mol. The van der Waals surface area contributed by atoms with Crippen molar-refractivity contribution in [2.75, 3.05) is 6.54 Å². The third-order valence-corrected chi connectivity index (χ3v) is 4.72. The van der Waals surface area contributed by atoms with E-state index in [9.17, 15) is 4.79 Å². The Morgan fingerprint density at radius 3 is 2.50 bits per heavy atom. The summed E-state index contributed by atoms with van der Waals surface area (Å²) < 4.78 is 5.78. The van der Waals surface area contributed by atoms with E-state index in [0.717, 1.165) is 16.8 Å². The number of carbonyl (C=O) groups excluding carboxylic acids is 1. The highest BCUT2D eigenvalue weighted by atomic mass is 35.5. The molecule has 0 aromatic heterocycles. The molecule has 3 rings (SSSR count). The number of rotatable bonds is 6. The fourth-order valence-electron chi connectivity index (χ4n) is 2.55. The zero-order valence-electron chi connectivity index (χ0n) is 15.6. The van der Waals surface area contributed by atoms with Crippen molar-refractivity contribution in [3.05, 3.63) is 63.6 Å². The standard InChI is InChI=1S/C20H20Cl2N4O2/c1-13(2)24-25-20-23-10-19(27)26(20)11-14-6-8-15(9-7-14)28-12-16-17(21)4-3-5-18(16)22/h3-9H,10-12H2,1-2H3,(H,23,25). The lowest BCUT2D eigenvalue weighted by Gasteiger charge is -2.18. The van der Waals surface area contributed by atoms with Crippen LogP contribution in [0, 0.1) is 0 Å². The molecule has 2 aromatic rings. The maximum absolute atomic E-state index is 12.1. The SMILES string of the molecule is CC(C)=NNC1=NCC(=O)N1Cc1ccc(OCc2c(Cl)cccc2Cl)cc1. The number of nitrogens with one attached hydrogen (secondary N) is 1. The lowest BCUT2D eigenvalue weighted by atomic mass is 10.2. The second-order valence-corrected chi connectivity index (χ2v) is 7.24. The van der Waals surface area contributed by atoms with E-state index in [4.69, 9.17) is 27.9 Å². The molecule has 0 saturated carbocycles. The molecular weight excluding hydrogens is 399 g/mol. The third kappa shape index (κ3) is 5.03. The molecule has 0 saturated heterocycles. The van der Waals surface area contributed by atoms with Crippen molar-refractivity contribution in [3.8, 4) is 5.75 Å². The number of aliphatic imine (C=N–C) groups is 1. The molecule has 0 unspecified atom stereocenters. The summed E-state index contributed by atoms with van der Waals surface area (Å²) in [5.41, 5.74) is 5.38. The van der Waals surface area contributed by atoms with Crippen LogP contribution in [-0.4, -0.2) is 29.0 Å². The summed E-state index contributed by atoms with van der Waals surface area (Å²) in [6, 6.07) is 12.8. The van der Waals surface area contributed by atoms with Crippen LogP contribution in [0.3, 0.4) is 0 Å². The van der Waals surface area contributed by atoms with Crippen LogP contribution in [0.4, 0.5) is 0 Å². The number of hydrogen-bond acceptors (Lipinski definition) is 5. The molecule has 0 radical (unpaired) electrons. The molecular formula is C20H20Cl2N4O2. The summed E-state index contributed by atoms with van der Waals surface area (Å²) in [7, 11) is 0. The maximum Gasteiger partial charge on any atom is 0.251 e. The Bertz CT molecular complexity index is 902. The molecule has 1 amide bonds. The Balaban J connectivity index is 1.62. The van der Waals surface area contributed by atoms with E-state index in [1.54, 1.807) is 23.1 Å². The van der Waals surface area contributed by atoms with Gasteiger partial charge in [-0.25, -0.2) is 10.4 Å². The van der Waals surface area contributed by atoms with Crippen LogP contribution in [0.1, 0.15) is 25.0 Å². The van der Waals surface area contributed by atoms with Gasteiger partial charge in [0.15, 0.2) is 0 Å². The van der Waals surface area contributed by atoms with Crippen molar-refractivity contribution in [1.29, 1.82) is 0 Å². The van der Waals surface area contributed by atoms with Crippen molar-refractivity contribution in [2.24, 2.45) is 10.1 Å². The molecule has 146 valence electrons. The van der Waals surface area contributed by atoms with Gasteiger partial charge in [0.05, 0.1) is 6.54 Å². The molecule has 0 spiro atoms. The third-order valence-electron chi connectivity index (χ3n) is 4.01. The van der Waals surface area contributed by atoms with Crippen LogP contribution in [-0.2, 0) is 17.9 Å². The molecule has 0 fully saturated rings. The molecule has 1 N–H and O–H groups in total. The number of hydrazone groups is 1. The summed E-state index contributed by atoms with van der Waals surface area (Å²) in [6.45, 7) is 4.53. The second kappa shape index (κ2) is 9.08. The van der Waals surface area contributed by atoms with E-state index in [-0.39, 0.29) is 19.1 Å². The highest BCUT2D eigenvalue weighted by Gasteiger charge is 2.25. The molecule has 2 aromatic carbocycles. The number of guanidine groups is 1. The van der Waals surface area contributed by atoms with E-state index in [0.29, 0.717) is 28.3 Å². The van der Waals surface area contributed by atoms with Gasteiger partial charge in [-0.15, -0.1) is 0 Å². The van der Waals surface area contributed by atoms with Crippen molar-refractivity contribution in [3.63, 3.8) is 0 Å². The Kier molecular flexibility index (Phi) is 6.54. The molecule has 1 aliphatic rings. The number of amides is 1. The van der Waals surface area contributed by atoms with E-state index >= 15 is 0 Å². The van der Waals surface area contributed by atoms with Gasteiger partial charge in [0, 0.05) is 21.3 Å². The maximum atomic E-state index is 12.1. The normalized spacial score (nSPS) is 13.4. The number of ether oxygens (including phenoxy) is 1. The molecule has 1 aliphatic heterocycles. The summed E-state index contributed by atoms with van der Waals surface area (Å²) >= 11 is 12.3. The quantitative estimate of drug-likeness (QED) is 0.562. The predicted molar refractivity (Wildman–Crippen MR) is 112 cm³/mol. The minimum Gasteiger partial charge on any atom is -0.489 e. The topological polar surface area (TPSA) is 66.3 Å².